The summed E-state index contributed by atoms with van der Waals surface area (Å²) in [4.78, 5) is 29.4. The SMILES string of the molecule is CC1=NC(C)=C(C(=O)OCCCCc2ccccc2)C(c2cccc(Cl)c2)C1C(=O)O. The molecule has 2 aromatic carbocycles. The summed E-state index contributed by atoms with van der Waals surface area (Å²) >= 11 is 6.15. The number of aliphatic imine (C=N–C) groups is 1. The molecule has 2 aromatic rings. The number of aryl methyl sites for hydroxylation is 1. The van der Waals surface area contributed by atoms with E-state index in [0.29, 0.717) is 22.0 Å². The number of esters is 1. The highest BCUT2D eigenvalue weighted by Gasteiger charge is 2.41. The fraction of sp³-hybridized carbons (Fsp3) is 0.320. The van der Waals surface area contributed by atoms with Crippen molar-refractivity contribution in [1.82, 2.24) is 0 Å². The molecular weight excluding hydrogens is 414 g/mol. The summed E-state index contributed by atoms with van der Waals surface area (Å²) in [7, 11) is 0. The van der Waals surface area contributed by atoms with Crippen LogP contribution in [-0.2, 0) is 20.7 Å². The lowest BCUT2D eigenvalue weighted by Crippen LogP contribution is -2.35. The van der Waals surface area contributed by atoms with Crippen LogP contribution in [0.3, 0.4) is 0 Å². The Morgan fingerprint density at radius 2 is 1.81 bits per heavy atom. The molecule has 0 bridgehead atoms. The third-order valence-electron chi connectivity index (χ3n) is 5.46. The highest BCUT2D eigenvalue weighted by molar-refractivity contribution is 6.30. The number of hydrogen-bond donors (Lipinski definition) is 1. The molecule has 2 atom stereocenters. The Hall–Kier alpha value is -2.92. The van der Waals surface area contributed by atoms with Crippen molar-refractivity contribution in [3.05, 3.63) is 82.0 Å². The van der Waals surface area contributed by atoms with E-state index in [1.807, 2.05) is 18.2 Å². The largest absolute Gasteiger partial charge is 0.481 e. The van der Waals surface area contributed by atoms with Crippen LogP contribution >= 0.6 is 11.6 Å². The van der Waals surface area contributed by atoms with Gasteiger partial charge in [-0.1, -0.05) is 54.1 Å². The Morgan fingerprint density at radius 1 is 1.06 bits per heavy atom. The molecule has 0 aromatic heterocycles. The van der Waals surface area contributed by atoms with Crippen LogP contribution in [0.5, 0.6) is 0 Å². The van der Waals surface area contributed by atoms with Crippen molar-refractivity contribution in [2.24, 2.45) is 10.9 Å². The predicted octanol–water partition coefficient (Wildman–Crippen LogP) is 5.44. The molecule has 0 spiro atoms. The summed E-state index contributed by atoms with van der Waals surface area (Å²) in [5, 5.41) is 10.3. The lowest BCUT2D eigenvalue weighted by Gasteiger charge is -2.30. The topological polar surface area (TPSA) is 76.0 Å². The van der Waals surface area contributed by atoms with Crippen LogP contribution < -0.4 is 0 Å². The Labute approximate surface area is 187 Å². The molecule has 0 radical (unpaired) electrons. The van der Waals surface area contributed by atoms with Gasteiger partial charge in [-0.2, -0.15) is 0 Å². The first-order valence-electron chi connectivity index (χ1n) is 10.3. The number of unbranched alkanes of at least 4 members (excludes halogenated alkanes) is 1. The van der Waals surface area contributed by atoms with Crippen molar-refractivity contribution in [3.8, 4) is 0 Å². The van der Waals surface area contributed by atoms with Gasteiger partial charge in [0.1, 0.15) is 5.92 Å². The van der Waals surface area contributed by atoms with Crippen molar-refractivity contribution >= 4 is 29.3 Å². The third-order valence-corrected chi connectivity index (χ3v) is 5.69. The number of ether oxygens (including phenoxy) is 1. The second-order valence-corrected chi connectivity index (χ2v) is 8.12. The Kier molecular flexibility index (Phi) is 7.64. The molecule has 5 nitrogen and oxygen atoms in total. The average molecular weight is 440 g/mol. The van der Waals surface area contributed by atoms with E-state index in [1.54, 1.807) is 38.1 Å². The summed E-state index contributed by atoms with van der Waals surface area (Å²) in [6.45, 7) is 3.65. The second kappa shape index (κ2) is 10.4. The minimum absolute atomic E-state index is 0.269. The standard InChI is InChI=1S/C25H26ClNO4/c1-16-21(24(28)29)23(19-12-8-13-20(26)15-19)22(17(2)27-16)25(30)31-14-7-6-11-18-9-4-3-5-10-18/h3-5,8-10,12-13,15,21,23H,6-7,11,14H2,1-2H3,(H,28,29). The Bertz CT molecular complexity index is 1010. The van der Waals surface area contributed by atoms with Crippen molar-refractivity contribution in [2.45, 2.75) is 39.0 Å². The highest BCUT2D eigenvalue weighted by atomic mass is 35.5. The number of carbonyl (C=O) groups is 2. The van der Waals surface area contributed by atoms with Crippen LogP contribution in [0.2, 0.25) is 5.02 Å². The number of hydrogen-bond acceptors (Lipinski definition) is 4. The van der Waals surface area contributed by atoms with Gasteiger partial charge in [-0.25, -0.2) is 4.79 Å². The first-order chi connectivity index (χ1) is 14.9. The molecule has 1 aliphatic heterocycles. The van der Waals surface area contributed by atoms with Gasteiger partial charge in [0.15, 0.2) is 0 Å². The number of nitrogens with zero attached hydrogens (tertiary/aromatic N) is 1. The van der Waals surface area contributed by atoms with Gasteiger partial charge in [0.05, 0.1) is 12.2 Å². The number of carboxylic acid groups (broad SMARTS) is 1. The fourth-order valence-electron chi connectivity index (χ4n) is 4.00. The fourth-order valence-corrected chi connectivity index (χ4v) is 4.20. The molecular formula is C25H26ClNO4. The number of halogens is 1. The molecule has 3 rings (SSSR count). The van der Waals surface area contributed by atoms with Gasteiger partial charge < -0.3 is 9.84 Å². The van der Waals surface area contributed by atoms with Crippen LogP contribution in [0.25, 0.3) is 0 Å². The van der Waals surface area contributed by atoms with E-state index in [2.05, 4.69) is 17.1 Å². The van der Waals surface area contributed by atoms with Gasteiger partial charge >= 0.3 is 11.9 Å². The maximum atomic E-state index is 13.0. The number of benzene rings is 2. The molecule has 31 heavy (non-hydrogen) atoms. The zero-order chi connectivity index (χ0) is 22.4. The molecule has 2 unspecified atom stereocenters. The lowest BCUT2D eigenvalue weighted by atomic mass is 9.75. The summed E-state index contributed by atoms with van der Waals surface area (Å²) in [5.41, 5.74) is 3.12. The molecule has 0 amide bonds. The van der Waals surface area contributed by atoms with Crippen molar-refractivity contribution < 1.29 is 19.4 Å². The van der Waals surface area contributed by atoms with E-state index < -0.39 is 23.8 Å². The van der Waals surface area contributed by atoms with Crippen molar-refractivity contribution in [1.29, 1.82) is 0 Å². The molecule has 162 valence electrons. The van der Waals surface area contributed by atoms with Gasteiger partial charge in [0.25, 0.3) is 0 Å². The summed E-state index contributed by atoms with van der Waals surface area (Å²) in [5.74, 6) is -3.22. The molecule has 6 heteroatoms. The minimum Gasteiger partial charge on any atom is -0.481 e. The number of carbonyl (C=O) groups excluding carboxylic acids is 1. The zero-order valence-electron chi connectivity index (χ0n) is 17.7. The maximum absolute atomic E-state index is 13.0. The average Bonchev–Trinajstić information content (AvgIpc) is 2.73. The first-order valence-corrected chi connectivity index (χ1v) is 10.7. The Balaban J connectivity index is 1.74. The summed E-state index contributed by atoms with van der Waals surface area (Å²) in [6.07, 6.45) is 2.53. The quantitative estimate of drug-likeness (QED) is 0.439. The highest BCUT2D eigenvalue weighted by Crippen LogP contribution is 2.40. The number of aliphatic carboxylic acids is 1. The minimum atomic E-state index is -1.04. The summed E-state index contributed by atoms with van der Waals surface area (Å²) < 4.78 is 5.54. The third kappa shape index (κ3) is 5.61. The van der Waals surface area contributed by atoms with Gasteiger partial charge in [0.2, 0.25) is 0 Å². The molecule has 1 heterocycles. The number of carboxylic acids is 1. The van der Waals surface area contributed by atoms with Crippen molar-refractivity contribution in [3.63, 3.8) is 0 Å². The van der Waals surface area contributed by atoms with Crippen LogP contribution in [0.1, 0.15) is 43.7 Å². The summed E-state index contributed by atoms with van der Waals surface area (Å²) in [6, 6.07) is 17.1. The Morgan fingerprint density at radius 3 is 2.48 bits per heavy atom. The number of rotatable bonds is 8. The monoisotopic (exact) mass is 439 g/mol. The molecule has 0 saturated carbocycles. The van der Waals surface area contributed by atoms with Gasteiger partial charge in [-0.3, -0.25) is 9.79 Å². The van der Waals surface area contributed by atoms with E-state index >= 15 is 0 Å². The molecule has 0 saturated heterocycles. The second-order valence-electron chi connectivity index (χ2n) is 7.68. The molecule has 1 aliphatic rings. The normalized spacial score (nSPS) is 18.5. The molecule has 0 fully saturated rings. The lowest BCUT2D eigenvalue weighted by molar-refractivity contribution is -0.141. The van der Waals surface area contributed by atoms with Crippen LogP contribution in [0.15, 0.2) is 70.9 Å². The first kappa shape index (κ1) is 22.8. The zero-order valence-corrected chi connectivity index (χ0v) is 18.4. The van der Waals surface area contributed by atoms with E-state index in [1.165, 1.54) is 5.56 Å². The van der Waals surface area contributed by atoms with Crippen LogP contribution in [0.4, 0.5) is 0 Å². The van der Waals surface area contributed by atoms with Crippen LogP contribution in [0, 0.1) is 5.92 Å². The van der Waals surface area contributed by atoms with Gasteiger partial charge in [0, 0.05) is 22.3 Å². The predicted molar refractivity (Wildman–Crippen MR) is 121 cm³/mol. The van der Waals surface area contributed by atoms with Crippen molar-refractivity contribution in [2.75, 3.05) is 6.61 Å². The van der Waals surface area contributed by atoms with Crippen LogP contribution in [-0.4, -0.2) is 29.4 Å². The van der Waals surface area contributed by atoms with E-state index in [-0.39, 0.29) is 12.2 Å². The van der Waals surface area contributed by atoms with Gasteiger partial charge in [-0.05, 0) is 56.4 Å². The molecule has 0 aliphatic carbocycles. The smallest absolute Gasteiger partial charge is 0.336 e. The maximum Gasteiger partial charge on any atom is 0.336 e. The van der Waals surface area contributed by atoms with E-state index in [4.69, 9.17) is 16.3 Å². The molecule has 1 N–H and O–H groups in total. The number of allylic oxidation sites excluding steroid dienone is 1. The van der Waals surface area contributed by atoms with Gasteiger partial charge in [-0.15, -0.1) is 0 Å². The van der Waals surface area contributed by atoms with E-state index in [0.717, 1.165) is 19.3 Å². The van der Waals surface area contributed by atoms with E-state index in [9.17, 15) is 14.7 Å².